The smallest absolute Gasteiger partial charge is 0.206 e. The van der Waals surface area contributed by atoms with E-state index < -0.39 is 11.8 Å². The van der Waals surface area contributed by atoms with E-state index in [0.717, 1.165) is 0 Å². The van der Waals surface area contributed by atoms with Crippen molar-refractivity contribution in [1.82, 2.24) is 5.10 Å². The third kappa shape index (κ3) is 1.23. The number of hydrogen-bond donors (Lipinski definition) is 1. The van der Waals surface area contributed by atoms with Gasteiger partial charge in [-0.05, 0) is 22.0 Å². The highest BCUT2D eigenvalue weighted by Gasteiger charge is 2.17. The van der Waals surface area contributed by atoms with Gasteiger partial charge in [0.1, 0.15) is 16.7 Å². The minimum Gasteiger partial charge on any atom is -0.206 e. The van der Waals surface area contributed by atoms with Crippen LogP contribution in [-0.4, -0.2) is 5.10 Å². The molecule has 0 saturated carbocycles. The summed E-state index contributed by atoms with van der Waals surface area (Å²) in [7, 11) is 1.53. The van der Waals surface area contributed by atoms with Crippen molar-refractivity contribution in [3.8, 4) is 0 Å². The number of halogens is 3. The summed E-state index contributed by atoms with van der Waals surface area (Å²) in [5.41, 5.74) is 0.445. The number of hydrogen-bond acceptors (Lipinski definition) is 0. The number of aromatic nitrogens is 2. The van der Waals surface area contributed by atoms with Gasteiger partial charge in [-0.1, -0.05) is 4.68 Å². The van der Waals surface area contributed by atoms with Crippen LogP contribution in [0.15, 0.2) is 16.6 Å². The maximum absolute atomic E-state index is 13.3. The van der Waals surface area contributed by atoms with E-state index >= 15 is 0 Å². The maximum Gasteiger partial charge on any atom is 0.392 e. The summed E-state index contributed by atoms with van der Waals surface area (Å²) in [5, 5.41) is 3.05. The summed E-state index contributed by atoms with van der Waals surface area (Å²) in [6, 6.07) is 2.67. The zero-order valence-electron chi connectivity index (χ0n) is 6.74. The first-order valence-electron chi connectivity index (χ1n) is 3.62. The molecule has 1 N–H and O–H groups in total. The summed E-state index contributed by atoms with van der Waals surface area (Å²) in [6.45, 7) is 0. The van der Waals surface area contributed by atoms with E-state index in [2.05, 4.69) is 21.0 Å². The Bertz CT molecular complexity index is 478. The maximum atomic E-state index is 13.3. The summed E-state index contributed by atoms with van der Waals surface area (Å²) in [6.07, 6.45) is 0. The van der Waals surface area contributed by atoms with Crippen molar-refractivity contribution in [3.05, 3.63) is 28.4 Å². The minimum atomic E-state index is -0.408. The Kier molecular flexibility index (Phi) is 1.83. The SMILES string of the molecule is C[n+]1[nH]c2cc(F)c(Br)cc2c1F. The van der Waals surface area contributed by atoms with Gasteiger partial charge in [0.2, 0.25) is 0 Å². The second kappa shape index (κ2) is 2.77. The van der Waals surface area contributed by atoms with Gasteiger partial charge in [-0.25, -0.2) is 4.39 Å². The van der Waals surface area contributed by atoms with Crippen molar-refractivity contribution in [3.63, 3.8) is 0 Å². The van der Waals surface area contributed by atoms with Crippen LogP contribution in [0.25, 0.3) is 10.9 Å². The summed E-state index contributed by atoms with van der Waals surface area (Å²) >= 11 is 2.99. The molecule has 1 aromatic carbocycles. The number of H-pyrrole nitrogens is 1. The van der Waals surface area contributed by atoms with Gasteiger partial charge in [0, 0.05) is 6.07 Å². The highest BCUT2D eigenvalue weighted by atomic mass is 79.9. The van der Waals surface area contributed by atoms with Gasteiger partial charge in [0.05, 0.1) is 4.47 Å². The molecule has 0 aliphatic carbocycles. The molecule has 0 bridgehead atoms. The zero-order valence-corrected chi connectivity index (χ0v) is 8.32. The number of fused-ring (bicyclic) bond motifs is 1. The van der Waals surface area contributed by atoms with Crippen molar-refractivity contribution in [1.29, 1.82) is 0 Å². The topological polar surface area (TPSA) is 19.7 Å². The Morgan fingerprint density at radius 3 is 2.77 bits per heavy atom. The number of nitrogens with zero attached hydrogens (tertiary/aromatic N) is 1. The lowest BCUT2D eigenvalue weighted by molar-refractivity contribution is -0.750. The Morgan fingerprint density at radius 1 is 1.38 bits per heavy atom. The van der Waals surface area contributed by atoms with E-state index in [1.807, 2.05) is 0 Å². The number of aryl methyl sites for hydroxylation is 1. The van der Waals surface area contributed by atoms with Crippen LogP contribution in [0, 0.1) is 11.8 Å². The molecular formula is C8H6BrF2N2+. The lowest BCUT2D eigenvalue weighted by atomic mass is 10.2. The van der Waals surface area contributed by atoms with Crippen molar-refractivity contribution in [2.75, 3.05) is 0 Å². The van der Waals surface area contributed by atoms with E-state index in [-0.39, 0.29) is 4.47 Å². The van der Waals surface area contributed by atoms with Crippen LogP contribution in [0.1, 0.15) is 0 Å². The molecule has 2 nitrogen and oxygen atoms in total. The zero-order chi connectivity index (χ0) is 9.59. The summed E-state index contributed by atoms with van der Waals surface area (Å²) in [5.74, 6) is -0.815. The molecule has 13 heavy (non-hydrogen) atoms. The van der Waals surface area contributed by atoms with Crippen LogP contribution in [-0.2, 0) is 7.05 Å². The monoisotopic (exact) mass is 247 g/mol. The predicted octanol–water partition coefficient (Wildman–Crippen LogP) is 2.03. The van der Waals surface area contributed by atoms with E-state index in [1.165, 1.54) is 23.9 Å². The first-order valence-corrected chi connectivity index (χ1v) is 4.41. The van der Waals surface area contributed by atoms with Crippen LogP contribution in [0.4, 0.5) is 8.78 Å². The van der Waals surface area contributed by atoms with Gasteiger partial charge in [0.15, 0.2) is 7.05 Å². The number of aromatic amines is 1. The molecule has 0 aliphatic heterocycles. The Morgan fingerprint density at radius 2 is 2.08 bits per heavy atom. The highest BCUT2D eigenvalue weighted by Crippen LogP contribution is 2.22. The highest BCUT2D eigenvalue weighted by molar-refractivity contribution is 9.10. The molecule has 0 atom stereocenters. The van der Waals surface area contributed by atoms with Gasteiger partial charge in [0.25, 0.3) is 0 Å². The van der Waals surface area contributed by atoms with Crippen LogP contribution in [0.3, 0.4) is 0 Å². The molecule has 2 aromatic rings. The van der Waals surface area contributed by atoms with Crippen LogP contribution in [0.5, 0.6) is 0 Å². The molecule has 0 amide bonds. The molecule has 1 heterocycles. The second-order valence-electron chi connectivity index (χ2n) is 2.77. The van der Waals surface area contributed by atoms with Gasteiger partial charge >= 0.3 is 5.95 Å². The normalized spacial score (nSPS) is 11.1. The Hall–Kier alpha value is -0.970. The first kappa shape index (κ1) is 8.62. The fraction of sp³-hybridized carbons (Fsp3) is 0.125. The lowest BCUT2D eigenvalue weighted by Gasteiger charge is -1.90. The molecule has 0 fully saturated rings. The molecule has 0 radical (unpaired) electrons. The number of nitrogens with one attached hydrogen (secondary N) is 1. The number of benzene rings is 1. The average molecular weight is 248 g/mol. The molecular weight excluding hydrogens is 242 g/mol. The largest absolute Gasteiger partial charge is 0.392 e. The van der Waals surface area contributed by atoms with Crippen molar-refractivity contribution < 1.29 is 13.5 Å². The third-order valence-corrected chi connectivity index (χ3v) is 2.47. The molecule has 68 valence electrons. The predicted molar refractivity (Wildman–Crippen MR) is 47.1 cm³/mol. The number of rotatable bonds is 0. The van der Waals surface area contributed by atoms with Crippen LogP contribution >= 0.6 is 15.9 Å². The fourth-order valence-electron chi connectivity index (χ4n) is 1.22. The van der Waals surface area contributed by atoms with Gasteiger partial charge in [-0.15, -0.1) is 4.39 Å². The van der Waals surface area contributed by atoms with E-state index in [1.54, 1.807) is 0 Å². The fourth-order valence-corrected chi connectivity index (χ4v) is 1.56. The molecule has 5 heteroatoms. The van der Waals surface area contributed by atoms with E-state index in [0.29, 0.717) is 10.9 Å². The molecule has 0 saturated heterocycles. The Labute approximate surface area is 81.3 Å². The standard InChI is InChI=1S/C8H5BrF2N2/c1-13-8(11)4-2-5(9)6(10)3-7(4)12-13/h2-3H,1H3/p+1. The summed E-state index contributed by atoms with van der Waals surface area (Å²) < 4.78 is 27.7. The quantitative estimate of drug-likeness (QED) is 0.688. The molecule has 0 spiro atoms. The second-order valence-corrected chi connectivity index (χ2v) is 3.63. The van der Waals surface area contributed by atoms with Gasteiger partial charge in [-0.3, -0.25) is 0 Å². The van der Waals surface area contributed by atoms with Gasteiger partial charge in [-0.2, -0.15) is 5.10 Å². The third-order valence-electron chi connectivity index (χ3n) is 1.87. The Balaban J connectivity index is 2.89. The van der Waals surface area contributed by atoms with Crippen LogP contribution < -0.4 is 4.68 Å². The lowest BCUT2D eigenvalue weighted by Crippen LogP contribution is -2.33. The van der Waals surface area contributed by atoms with E-state index in [4.69, 9.17) is 0 Å². The molecule has 0 aliphatic rings. The van der Waals surface area contributed by atoms with E-state index in [9.17, 15) is 8.78 Å². The van der Waals surface area contributed by atoms with Gasteiger partial charge < -0.3 is 0 Å². The van der Waals surface area contributed by atoms with Crippen molar-refractivity contribution in [2.24, 2.45) is 7.05 Å². The minimum absolute atomic E-state index is 0.263. The van der Waals surface area contributed by atoms with Crippen molar-refractivity contribution >= 4 is 26.8 Å². The molecule has 0 unspecified atom stereocenters. The van der Waals surface area contributed by atoms with Crippen molar-refractivity contribution in [2.45, 2.75) is 0 Å². The average Bonchev–Trinajstić information content (AvgIpc) is 2.32. The van der Waals surface area contributed by atoms with Crippen LogP contribution in [0.2, 0.25) is 0 Å². The first-order chi connectivity index (χ1) is 6.09. The molecule has 2 rings (SSSR count). The molecule has 1 aromatic heterocycles. The summed E-state index contributed by atoms with van der Waals surface area (Å²) in [4.78, 5) is 0.